The second-order valence-electron chi connectivity index (χ2n) is 6.45. The normalized spacial score (nSPS) is 13.4. The van der Waals surface area contributed by atoms with Crippen molar-refractivity contribution in [1.29, 1.82) is 0 Å². The summed E-state index contributed by atoms with van der Waals surface area (Å²) in [4.78, 5) is 18.9. The number of carbonyl (C=O) groups excluding carboxylic acids is 1. The predicted octanol–water partition coefficient (Wildman–Crippen LogP) is 3.80. The number of nitrogens with zero attached hydrogens (tertiary/aromatic N) is 2. The van der Waals surface area contributed by atoms with Crippen LogP contribution in [0.15, 0.2) is 49.1 Å². The van der Waals surface area contributed by atoms with Crippen molar-refractivity contribution in [3.8, 4) is 0 Å². The fourth-order valence-electron chi connectivity index (χ4n) is 3.33. The number of fused-ring (bicyclic) bond motifs is 1. The van der Waals surface area contributed by atoms with Crippen molar-refractivity contribution in [3.63, 3.8) is 0 Å². The zero-order valence-electron chi connectivity index (χ0n) is 14.1. The molecule has 2 aromatic heterocycles. The maximum absolute atomic E-state index is 12.5. The third-order valence-electron chi connectivity index (χ3n) is 4.69. The van der Waals surface area contributed by atoms with Crippen LogP contribution >= 0.6 is 11.3 Å². The lowest BCUT2D eigenvalue weighted by Gasteiger charge is -2.11. The van der Waals surface area contributed by atoms with Crippen molar-refractivity contribution in [2.75, 3.05) is 0 Å². The molecule has 1 aliphatic rings. The van der Waals surface area contributed by atoms with E-state index in [1.165, 1.54) is 28.8 Å². The van der Waals surface area contributed by atoms with E-state index in [1.54, 1.807) is 17.5 Å². The Labute approximate surface area is 151 Å². The second kappa shape index (κ2) is 7.23. The van der Waals surface area contributed by atoms with Gasteiger partial charge >= 0.3 is 0 Å². The van der Waals surface area contributed by atoms with E-state index in [0.717, 1.165) is 29.8 Å². The summed E-state index contributed by atoms with van der Waals surface area (Å²) in [5, 5.41) is 3.09. The number of rotatable bonds is 5. The zero-order valence-corrected chi connectivity index (χ0v) is 14.9. The van der Waals surface area contributed by atoms with Crippen LogP contribution < -0.4 is 5.32 Å². The molecule has 1 amide bonds. The Morgan fingerprint density at radius 3 is 2.84 bits per heavy atom. The van der Waals surface area contributed by atoms with Crippen LogP contribution in [-0.4, -0.2) is 15.5 Å². The molecule has 0 aliphatic heterocycles. The molecule has 0 saturated heterocycles. The number of aromatic nitrogens is 2. The van der Waals surface area contributed by atoms with Gasteiger partial charge in [-0.15, -0.1) is 11.3 Å². The standard InChI is InChI=1S/C20H21N3OS/c24-20(19-11-15-5-3-4-8-18(15)25-19)22-12-16-6-1-2-7-17(16)13-23-10-9-21-14-23/h1-2,6-7,9-11,14H,3-5,8,12-13H2,(H,22,24). The van der Waals surface area contributed by atoms with Gasteiger partial charge in [0.15, 0.2) is 0 Å². The van der Waals surface area contributed by atoms with E-state index >= 15 is 0 Å². The molecular weight excluding hydrogens is 330 g/mol. The van der Waals surface area contributed by atoms with Gasteiger partial charge in [0.05, 0.1) is 11.2 Å². The van der Waals surface area contributed by atoms with Gasteiger partial charge in [-0.05, 0) is 48.4 Å². The summed E-state index contributed by atoms with van der Waals surface area (Å²) in [6, 6.07) is 10.3. The highest BCUT2D eigenvalue weighted by Gasteiger charge is 2.17. The van der Waals surface area contributed by atoms with Crippen molar-refractivity contribution in [2.45, 2.75) is 38.8 Å². The number of hydrogen-bond acceptors (Lipinski definition) is 3. The number of amides is 1. The van der Waals surface area contributed by atoms with Crippen LogP contribution in [0, 0.1) is 0 Å². The van der Waals surface area contributed by atoms with Gasteiger partial charge in [-0.3, -0.25) is 4.79 Å². The van der Waals surface area contributed by atoms with E-state index in [4.69, 9.17) is 0 Å². The summed E-state index contributed by atoms with van der Waals surface area (Å²) in [5.41, 5.74) is 3.72. The van der Waals surface area contributed by atoms with Crippen LogP contribution in [-0.2, 0) is 25.9 Å². The maximum Gasteiger partial charge on any atom is 0.261 e. The molecule has 0 bridgehead atoms. The van der Waals surface area contributed by atoms with E-state index in [-0.39, 0.29) is 5.91 Å². The number of benzene rings is 1. The minimum atomic E-state index is 0.0387. The molecule has 0 saturated carbocycles. The molecule has 128 valence electrons. The van der Waals surface area contributed by atoms with Crippen molar-refractivity contribution < 1.29 is 4.79 Å². The molecule has 1 aromatic carbocycles. The van der Waals surface area contributed by atoms with Gasteiger partial charge in [0.25, 0.3) is 5.91 Å². The quantitative estimate of drug-likeness (QED) is 0.760. The number of thiophene rings is 1. The minimum absolute atomic E-state index is 0.0387. The molecule has 3 aromatic rings. The van der Waals surface area contributed by atoms with Crippen LogP contribution in [0.3, 0.4) is 0 Å². The monoisotopic (exact) mass is 351 g/mol. The average molecular weight is 351 g/mol. The fourth-order valence-corrected chi connectivity index (χ4v) is 4.50. The van der Waals surface area contributed by atoms with E-state index in [1.807, 2.05) is 29.2 Å². The van der Waals surface area contributed by atoms with Crippen LogP contribution in [0.4, 0.5) is 0 Å². The molecule has 4 rings (SSSR count). The third kappa shape index (κ3) is 3.66. The van der Waals surface area contributed by atoms with Crippen LogP contribution in [0.1, 0.15) is 44.1 Å². The number of hydrogen-bond donors (Lipinski definition) is 1. The molecule has 0 fully saturated rings. The Bertz CT molecular complexity index is 843. The predicted molar refractivity (Wildman–Crippen MR) is 99.9 cm³/mol. The third-order valence-corrected chi connectivity index (χ3v) is 5.93. The van der Waals surface area contributed by atoms with E-state index < -0.39 is 0 Å². The van der Waals surface area contributed by atoms with E-state index in [9.17, 15) is 4.79 Å². The lowest BCUT2D eigenvalue weighted by molar-refractivity contribution is 0.0955. The number of nitrogens with one attached hydrogen (secondary N) is 1. The summed E-state index contributed by atoms with van der Waals surface area (Å²) in [7, 11) is 0. The summed E-state index contributed by atoms with van der Waals surface area (Å²) in [6.45, 7) is 1.31. The van der Waals surface area contributed by atoms with E-state index in [0.29, 0.717) is 6.54 Å². The lowest BCUT2D eigenvalue weighted by atomic mass is 9.99. The summed E-state index contributed by atoms with van der Waals surface area (Å²) >= 11 is 1.66. The van der Waals surface area contributed by atoms with Crippen molar-refractivity contribution >= 4 is 17.2 Å². The maximum atomic E-state index is 12.5. The molecule has 5 heteroatoms. The number of aryl methyl sites for hydroxylation is 2. The molecule has 0 unspecified atom stereocenters. The van der Waals surface area contributed by atoms with Crippen molar-refractivity contribution in [2.24, 2.45) is 0 Å². The molecule has 4 nitrogen and oxygen atoms in total. The van der Waals surface area contributed by atoms with Crippen molar-refractivity contribution in [3.05, 3.63) is 75.5 Å². The SMILES string of the molecule is O=C(NCc1ccccc1Cn1ccnc1)c1cc2c(s1)CCCC2. The molecule has 25 heavy (non-hydrogen) atoms. The Balaban J connectivity index is 1.44. The van der Waals surface area contributed by atoms with Crippen molar-refractivity contribution in [1.82, 2.24) is 14.9 Å². The molecule has 0 spiro atoms. The van der Waals surface area contributed by atoms with Gasteiger partial charge in [-0.1, -0.05) is 24.3 Å². The van der Waals surface area contributed by atoms with E-state index in [2.05, 4.69) is 28.5 Å². The molecule has 1 N–H and O–H groups in total. The first-order valence-electron chi connectivity index (χ1n) is 8.72. The first-order chi connectivity index (χ1) is 12.3. The Kier molecular flexibility index (Phi) is 4.65. The molecule has 1 aliphatic carbocycles. The molecule has 0 atom stereocenters. The highest BCUT2D eigenvalue weighted by Crippen LogP contribution is 2.29. The zero-order chi connectivity index (χ0) is 17.1. The smallest absolute Gasteiger partial charge is 0.261 e. The van der Waals surface area contributed by atoms with Crippen LogP contribution in [0.25, 0.3) is 0 Å². The Morgan fingerprint density at radius 1 is 1.20 bits per heavy atom. The second-order valence-corrected chi connectivity index (χ2v) is 7.59. The van der Waals surface area contributed by atoms with Crippen LogP contribution in [0.2, 0.25) is 0 Å². The number of imidazole rings is 1. The summed E-state index contributed by atoms with van der Waals surface area (Å²) < 4.78 is 2.04. The lowest BCUT2D eigenvalue weighted by Crippen LogP contribution is -2.22. The largest absolute Gasteiger partial charge is 0.347 e. The topological polar surface area (TPSA) is 46.9 Å². The van der Waals surface area contributed by atoms with Gasteiger partial charge in [0.2, 0.25) is 0 Å². The van der Waals surface area contributed by atoms with Gasteiger partial charge in [0, 0.05) is 30.4 Å². The van der Waals surface area contributed by atoms with Gasteiger partial charge < -0.3 is 9.88 Å². The van der Waals surface area contributed by atoms with Gasteiger partial charge in [-0.25, -0.2) is 4.98 Å². The first-order valence-corrected chi connectivity index (χ1v) is 9.53. The highest BCUT2D eigenvalue weighted by atomic mass is 32.1. The molecule has 2 heterocycles. The molecule has 0 radical (unpaired) electrons. The summed E-state index contributed by atoms with van der Waals surface area (Å²) in [5.74, 6) is 0.0387. The number of carbonyl (C=O) groups is 1. The molecular formula is C20H21N3OS. The van der Waals surface area contributed by atoms with Crippen LogP contribution in [0.5, 0.6) is 0 Å². The van der Waals surface area contributed by atoms with Gasteiger partial charge in [0.1, 0.15) is 0 Å². The first kappa shape index (κ1) is 16.1. The minimum Gasteiger partial charge on any atom is -0.347 e. The van der Waals surface area contributed by atoms with Gasteiger partial charge in [-0.2, -0.15) is 0 Å². The summed E-state index contributed by atoms with van der Waals surface area (Å²) in [6.07, 6.45) is 10.3. The average Bonchev–Trinajstić information content (AvgIpc) is 3.30. The highest BCUT2D eigenvalue weighted by molar-refractivity contribution is 7.14. The Hall–Kier alpha value is -2.40. The Morgan fingerprint density at radius 2 is 2.04 bits per heavy atom. The fraction of sp³-hybridized carbons (Fsp3) is 0.300.